The molecule has 0 radical (unpaired) electrons. The van der Waals surface area contributed by atoms with Gasteiger partial charge in [0.05, 0.1) is 0 Å². The Bertz CT molecular complexity index is 1650. The van der Waals surface area contributed by atoms with Crippen molar-refractivity contribution in [1.82, 2.24) is 36.6 Å². The number of H-pyrrole nitrogens is 1. The van der Waals surface area contributed by atoms with Crippen molar-refractivity contribution in [3.8, 4) is 22.5 Å². The molecule has 0 saturated heterocycles. The fraction of sp³-hybridized carbons (Fsp3) is 0.303. The van der Waals surface area contributed by atoms with Crippen molar-refractivity contribution in [1.29, 1.82) is 0 Å². The maximum absolute atomic E-state index is 13.6. The summed E-state index contributed by atoms with van der Waals surface area (Å²) < 4.78 is 0. The molecule has 1 aromatic heterocycles. The lowest BCUT2D eigenvalue weighted by molar-refractivity contribution is -0.130. The van der Waals surface area contributed by atoms with Crippen LogP contribution in [0.5, 0.6) is 0 Å². The summed E-state index contributed by atoms with van der Waals surface area (Å²) in [5.74, 6) is -0.409. The lowest BCUT2D eigenvalue weighted by atomic mass is 9.81. The fourth-order valence-corrected chi connectivity index (χ4v) is 5.70. The Morgan fingerprint density at radius 2 is 1.61 bits per heavy atom. The summed E-state index contributed by atoms with van der Waals surface area (Å²) in [6.07, 6.45) is 1.86. The average molecular weight is 625 g/mol. The summed E-state index contributed by atoms with van der Waals surface area (Å²) in [6, 6.07) is 21.0. The number of rotatable bonds is 11. The second-order valence-electron chi connectivity index (χ2n) is 11.3. The lowest BCUT2D eigenvalue weighted by Crippen LogP contribution is -2.48. The summed E-state index contributed by atoms with van der Waals surface area (Å²) >= 11 is 0. The number of nitrogens with zero attached hydrogens (tertiary/aromatic N) is 3. The van der Waals surface area contributed by atoms with Gasteiger partial charge in [-0.25, -0.2) is 4.79 Å². The maximum Gasteiger partial charge on any atom is 0.404 e. The molecular formula is C33H36N8O5. The van der Waals surface area contributed by atoms with Crippen LogP contribution in [0, 0.1) is 11.8 Å². The first-order valence-electron chi connectivity index (χ1n) is 15.1. The van der Waals surface area contributed by atoms with Gasteiger partial charge in [0, 0.05) is 42.7 Å². The van der Waals surface area contributed by atoms with Crippen molar-refractivity contribution < 1.29 is 24.3 Å². The molecule has 0 bridgehead atoms. The van der Waals surface area contributed by atoms with E-state index in [1.165, 1.54) is 0 Å². The largest absolute Gasteiger partial charge is 0.465 e. The van der Waals surface area contributed by atoms with Gasteiger partial charge in [-0.3, -0.25) is 14.4 Å². The summed E-state index contributed by atoms with van der Waals surface area (Å²) in [5.41, 5.74) is 4.30. The van der Waals surface area contributed by atoms with Gasteiger partial charge in [0.25, 0.3) is 5.91 Å². The summed E-state index contributed by atoms with van der Waals surface area (Å²) in [5, 5.41) is 33.8. The van der Waals surface area contributed by atoms with Crippen molar-refractivity contribution >= 4 is 29.5 Å². The Morgan fingerprint density at radius 3 is 2.26 bits per heavy atom. The molecule has 1 saturated carbocycles. The molecule has 5 rings (SSSR count). The van der Waals surface area contributed by atoms with E-state index in [4.69, 9.17) is 5.11 Å². The van der Waals surface area contributed by atoms with Gasteiger partial charge in [0.2, 0.25) is 17.6 Å². The number of carbonyl (C=O) groups is 4. The average Bonchev–Trinajstić information content (AvgIpc) is 3.63. The number of carboxylic acid groups (broad SMARTS) is 1. The molecule has 238 valence electrons. The first-order chi connectivity index (χ1) is 22.3. The molecule has 13 heteroatoms. The maximum atomic E-state index is 13.6. The van der Waals surface area contributed by atoms with Crippen LogP contribution in [0.1, 0.15) is 41.6 Å². The van der Waals surface area contributed by atoms with E-state index in [0.29, 0.717) is 36.5 Å². The molecule has 1 aliphatic carbocycles. The van der Waals surface area contributed by atoms with Crippen LogP contribution in [0.15, 0.2) is 72.8 Å². The SMILES string of the molecule is CNC(=O)c1ccccc1-c1ccc(C[C@H](NC(=O)C2CCC(CNC(=O)O)CC2)C(=O)Nc2ccc(-c3nn[nH]n3)cc2)cc1. The van der Waals surface area contributed by atoms with Gasteiger partial charge >= 0.3 is 6.09 Å². The minimum absolute atomic E-state index is 0.182. The quantitative estimate of drug-likeness (QED) is 0.146. The molecule has 46 heavy (non-hydrogen) atoms. The van der Waals surface area contributed by atoms with Gasteiger partial charge in [-0.15, -0.1) is 10.2 Å². The molecule has 4 amide bonds. The number of benzene rings is 3. The van der Waals surface area contributed by atoms with Gasteiger partial charge in [-0.05, 0) is 83.8 Å². The van der Waals surface area contributed by atoms with Crippen LogP contribution in [0.25, 0.3) is 22.5 Å². The van der Waals surface area contributed by atoms with Gasteiger partial charge in [0.1, 0.15) is 6.04 Å². The van der Waals surface area contributed by atoms with Crippen LogP contribution in [-0.2, 0) is 16.0 Å². The Labute approximate surface area is 265 Å². The van der Waals surface area contributed by atoms with Crippen LogP contribution in [0.2, 0.25) is 0 Å². The highest BCUT2D eigenvalue weighted by Gasteiger charge is 2.30. The zero-order valence-electron chi connectivity index (χ0n) is 25.3. The molecule has 1 atom stereocenters. The number of tetrazole rings is 1. The number of aromatic amines is 1. The first-order valence-corrected chi connectivity index (χ1v) is 15.1. The van der Waals surface area contributed by atoms with E-state index in [0.717, 1.165) is 35.1 Å². The number of aromatic nitrogens is 4. The molecule has 0 unspecified atom stereocenters. The smallest absolute Gasteiger partial charge is 0.404 e. The normalized spacial score (nSPS) is 16.5. The fourth-order valence-electron chi connectivity index (χ4n) is 5.70. The van der Waals surface area contributed by atoms with E-state index in [9.17, 15) is 19.2 Å². The Hall–Kier alpha value is -5.59. The molecule has 1 heterocycles. The number of amides is 4. The molecule has 6 N–H and O–H groups in total. The Balaban J connectivity index is 1.30. The van der Waals surface area contributed by atoms with E-state index in [1.807, 2.05) is 42.5 Å². The van der Waals surface area contributed by atoms with Gasteiger partial charge < -0.3 is 26.4 Å². The monoisotopic (exact) mass is 624 g/mol. The third-order valence-electron chi connectivity index (χ3n) is 8.25. The van der Waals surface area contributed by atoms with Crippen molar-refractivity contribution in [2.45, 2.75) is 38.1 Å². The van der Waals surface area contributed by atoms with Crippen molar-refractivity contribution in [2.24, 2.45) is 11.8 Å². The van der Waals surface area contributed by atoms with E-state index in [2.05, 4.69) is 41.9 Å². The molecule has 4 aromatic rings. The molecule has 13 nitrogen and oxygen atoms in total. The number of hydrogen-bond acceptors (Lipinski definition) is 7. The van der Waals surface area contributed by atoms with Gasteiger partial charge in [-0.1, -0.05) is 42.5 Å². The summed E-state index contributed by atoms with van der Waals surface area (Å²) in [7, 11) is 1.59. The number of carbonyl (C=O) groups excluding carboxylic acids is 3. The van der Waals surface area contributed by atoms with Crippen molar-refractivity contribution in [2.75, 3.05) is 18.9 Å². The van der Waals surface area contributed by atoms with E-state index < -0.39 is 12.1 Å². The second-order valence-corrected chi connectivity index (χ2v) is 11.3. The third-order valence-corrected chi connectivity index (χ3v) is 8.25. The number of hydrogen-bond donors (Lipinski definition) is 6. The van der Waals surface area contributed by atoms with Crippen LogP contribution in [0.4, 0.5) is 10.5 Å². The predicted octanol–water partition coefficient (Wildman–Crippen LogP) is 3.63. The predicted molar refractivity (Wildman–Crippen MR) is 171 cm³/mol. The lowest BCUT2D eigenvalue weighted by Gasteiger charge is -2.29. The van der Waals surface area contributed by atoms with Crippen LogP contribution < -0.4 is 21.3 Å². The van der Waals surface area contributed by atoms with Gasteiger partial charge in [0.15, 0.2) is 0 Å². The Kier molecular flexibility index (Phi) is 10.3. The minimum Gasteiger partial charge on any atom is -0.465 e. The Morgan fingerprint density at radius 1 is 0.913 bits per heavy atom. The van der Waals surface area contributed by atoms with E-state index in [1.54, 1.807) is 37.4 Å². The van der Waals surface area contributed by atoms with Gasteiger partial charge in [-0.2, -0.15) is 5.21 Å². The summed E-state index contributed by atoms with van der Waals surface area (Å²) in [4.78, 5) is 50.3. The topological polar surface area (TPSA) is 191 Å². The molecule has 1 aliphatic rings. The first kappa shape index (κ1) is 31.8. The standard InChI is InChI=1S/C33H36N8O5/c1-34-31(43)27-5-3-2-4-26(27)22-10-6-20(7-11-22)18-28(37-30(42)24-12-8-21(9-13-24)19-35-33(45)46)32(44)36-25-16-14-23(15-17-25)29-38-40-41-39-29/h2-7,10-11,14-17,21,24,28,35H,8-9,12-13,18-19H2,1H3,(H,34,43)(H,36,44)(H,37,42)(H,45,46)(H,38,39,40,41)/t21?,24?,28-/m0/s1. The van der Waals surface area contributed by atoms with E-state index in [-0.39, 0.29) is 36.0 Å². The highest BCUT2D eigenvalue weighted by atomic mass is 16.4. The van der Waals surface area contributed by atoms with Crippen LogP contribution >= 0.6 is 0 Å². The summed E-state index contributed by atoms with van der Waals surface area (Å²) in [6.45, 7) is 0.365. The molecule has 1 fully saturated rings. The highest BCUT2D eigenvalue weighted by molar-refractivity contribution is 6.01. The molecular weight excluding hydrogens is 588 g/mol. The van der Waals surface area contributed by atoms with Crippen molar-refractivity contribution in [3.05, 3.63) is 83.9 Å². The zero-order valence-corrected chi connectivity index (χ0v) is 25.3. The minimum atomic E-state index is -1.05. The molecule has 0 aliphatic heterocycles. The highest BCUT2D eigenvalue weighted by Crippen LogP contribution is 2.29. The molecule has 3 aromatic carbocycles. The zero-order chi connectivity index (χ0) is 32.5. The van der Waals surface area contributed by atoms with Crippen LogP contribution in [-0.4, -0.2) is 69.2 Å². The second kappa shape index (κ2) is 14.9. The van der Waals surface area contributed by atoms with E-state index >= 15 is 0 Å². The number of anilines is 1. The number of nitrogens with one attached hydrogen (secondary N) is 5. The third kappa shape index (κ3) is 8.11. The van der Waals surface area contributed by atoms with Crippen LogP contribution in [0.3, 0.4) is 0 Å². The molecule has 0 spiro atoms. The van der Waals surface area contributed by atoms with Crippen molar-refractivity contribution in [3.63, 3.8) is 0 Å².